The van der Waals surface area contributed by atoms with Crippen LogP contribution in [-0.4, -0.2) is 61.7 Å². The van der Waals surface area contributed by atoms with E-state index < -0.39 is 0 Å². The lowest BCUT2D eigenvalue weighted by atomic mass is 9.86. The maximum absolute atomic E-state index is 3.75. The Labute approximate surface area is 127 Å². The lowest BCUT2D eigenvalue weighted by Crippen LogP contribution is -2.52. The van der Waals surface area contributed by atoms with Crippen molar-refractivity contribution in [2.45, 2.75) is 66.0 Å². The predicted octanol–water partition coefficient (Wildman–Crippen LogP) is 2.82. The minimum absolute atomic E-state index is 0.327. The molecule has 1 N–H and O–H groups in total. The highest BCUT2D eigenvalue weighted by Crippen LogP contribution is 2.22. The van der Waals surface area contributed by atoms with Gasteiger partial charge in [-0.05, 0) is 57.9 Å². The molecule has 0 saturated carbocycles. The lowest BCUT2D eigenvalue weighted by molar-refractivity contribution is 0.104. The fraction of sp³-hybridized carbons (Fsp3) is 1.00. The summed E-state index contributed by atoms with van der Waals surface area (Å²) in [6.45, 7) is 17.6. The van der Waals surface area contributed by atoms with Gasteiger partial charge >= 0.3 is 0 Å². The molecule has 1 unspecified atom stereocenters. The molecule has 0 radical (unpaired) electrons. The lowest BCUT2D eigenvalue weighted by Gasteiger charge is -2.40. The topological polar surface area (TPSA) is 18.5 Å². The van der Waals surface area contributed by atoms with E-state index in [0.29, 0.717) is 11.5 Å². The Bertz CT molecular complexity index is 251. The van der Waals surface area contributed by atoms with Gasteiger partial charge in [-0.1, -0.05) is 34.6 Å². The highest BCUT2D eigenvalue weighted by atomic mass is 15.2. The van der Waals surface area contributed by atoms with Gasteiger partial charge in [-0.3, -0.25) is 0 Å². The van der Waals surface area contributed by atoms with Crippen LogP contribution in [0.25, 0.3) is 0 Å². The predicted molar refractivity (Wildman–Crippen MR) is 89.3 cm³/mol. The van der Waals surface area contributed by atoms with Gasteiger partial charge in [-0.15, -0.1) is 0 Å². The number of piperidine rings is 1. The molecule has 0 bridgehead atoms. The molecule has 0 amide bonds. The molecule has 1 rings (SSSR count). The van der Waals surface area contributed by atoms with Crippen LogP contribution in [0.5, 0.6) is 0 Å². The second-order valence-corrected chi connectivity index (χ2v) is 7.48. The zero-order chi connectivity index (χ0) is 15.2. The third-order valence-corrected chi connectivity index (χ3v) is 4.78. The second-order valence-electron chi connectivity index (χ2n) is 7.48. The van der Waals surface area contributed by atoms with Crippen LogP contribution in [0.3, 0.4) is 0 Å². The van der Waals surface area contributed by atoms with Crippen molar-refractivity contribution in [1.82, 2.24) is 15.1 Å². The van der Waals surface area contributed by atoms with Gasteiger partial charge in [0, 0.05) is 18.6 Å². The standard InChI is InChI=1S/C17H37N3/c1-7-11-18-16(17(3,4)5)14-19(6)15-9-12-20(8-2)13-10-15/h15-16,18H,7-14H2,1-6H3. The molecule has 1 heterocycles. The summed E-state index contributed by atoms with van der Waals surface area (Å²) in [6.07, 6.45) is 3.87. The van der Waals surface area contributed by atoms with Crippen LogP contribution >= 0.6 is 0 Å². The molecule has 1 fully saturated rings. The molecule has 0 aliphatic carbocycles. The first-order valence-corrected chi connectivity index (χ1v) is 8.54. The fourth-order valence-corrected chi connectivity index (χ4v) is 3.08. The van der Waals surface area contributed by atoms with Gasteiger partial charge in [0.25, 0.3) is 0 Å². The van der Waals surface area contributed by atoms with E-state index in [4.69, 9.17) is 0 Å². The summed E-state index contributed by atoms with van der Waals surface area (Å²) in [5, 5.41) is 3.75. The fourth-order valence-electron chi connectivity index (χ4n) is 3.08. The van der Waals surface area contributed by atoms with Crippen LogP contribution in [0, 0.1) is 5.41 Å². The molecular weight excluding hydrogens is 246 g/mol. The quantitative estimate of drug-likeness (QED) is 0.775. The largest absolute Gasteiger partial charge is 0.312 e. The van der Waals surface area contributed by atoms with Crippen LogP contribution in [0.1, 0.15) is 53.9 Å². The minimum Gasteiger partial charge on any atom is -0.312 e. The van der Waals surface area contributed by atoms with E-state index in [1.807, 2.05) is 0 Å². The smallest absolute Gasteiger partial charge is 0.0243 e. The zero-order valence-corrected chi connectivity index (χ0v) is 14.7. The van der Waals surface area contributed by atoms with E-state index in [-0.39, 0.29) is 0 Å². The summed E-state index contributed by atoms with van der Waals surface area (Å²) in [7, 11) is 2.32. The summed E-state index contributed by atoms with van der Waals surface area (Å²) in [4.78, 5) is 5.17. The van der Waals surface area contributed by atoms with Crippen molar-refractivity contribution in [1.29, 1.82) is 0 Å². The molecule has 20 heavy (non-hydrogen) atoms. The van der Waals surface area contributed by atoms with Gasteiger partial charge in [-0.25, -0.2) is 0 Å². The molecule has 0 aromatic heterocycles. The Kier molecular flexibility index (Phi) is 7.49. The van der Waals surface area contributed by atoms with Gasteiger partial charge in [0.15, 0.2) is 0 Å². The zero-order valence-electron chi connectivity index (χ0n) is 14.7. The van der Waals surface area contributed by atoms with Gasteiger partial charge < -0.3 is 15.1 Å². The number of nitrogens with zero attached hydrogens (tertiary/aromatic N) is 2. The van der Waals surface area contributed by atoms with E-state index in [1.54, 1.807) is 0 Å². The third kappa shape index (κ3) is 5.71. The van der Waals surface area contributed by atoms with Crippen molar-refractivity contribution in [3.05, 3.63) is 0 Å². The van der Waals surface area contributed by atoms with E-state index in [9.17, 15) is 0 Å². The molecule has 3 heteroatoms. The van der Waals surface area contributed by atoms with Crippen LogP contribution in [0.2, 0.25) is 0 Å². The van der Waals surface area contributed by atoms with Crippen molar-refractivity contribution < 1.29 is 0 Å². The minimum atomic E-state index is 0.327. The highest BCUT2D eigenvalue weighted by Gasteiger charge is 2.28. The Morgan fingerprint density at radius 1 is 1.20 bits per heavy atom. The molecule has 1 atom stereocenters. The summed E-state index contributed by atoms with van der Waals surface area (Å²) in [5.74, 6) is 0. The molecule has 1 aliphatic rings. The number of nitrogens with one attached hydrogen (secondary N) is 1. The van der Waals surface area contributed by atoms with E-state index in [0.717, 1.165) is 12.6 Å². The molecule has 0 aromatic carbocycles. The molecule has 0 aromatic rings. The number of hydrogen-bond donors (Lipinski definition) is 1. The van der Waals surface area contributed by atoms with Gasteiger partial charge in [-0.2, -0.15) is 0 Å². The van der Waals surface area contributed by atoms with E-state index >= 15 is 0 Å². The number of rotatable bonds is 7. The third-order valence-electron chi connectivity index (χ3n) is 4.78. The Morgan fingerprint density at radius 3 is 2.25 bits per heavy atom. The average molecular weight is 284 g/mol. The normalized spacial score (nSPS) is 20.6. The van der Waals surface area contributed by atoms with Crippen LogP contribution < -0.4 is 5.32 Å². The number of likely N-dealkylation sites (tertiary alicyclic amines) is 1. The van der Waals surface area contributed by atoms with Gasteiger partial charge in [0.05, 0.1) is 0 Å². The Hall–Kier alpha value is -0.120. The molecule has 1 aliphatic heterocycles. The summed E-state index contributed by atoms with van der Waals surface area (Å²) in [6, 6.07) is 1.35. The van der Waals surface area contributed by atoms with Gasteiger partial charge in [0.1, 0.15) is 0 Å². The first kappa shape index (κ1) is 17.9. The first-order chi connectivity index (χ1) is 9.38. The van der Waals surface area contributed by atoms with Crippen LogP contribution in [-0.2, 0) is 0 Å². The maximum atomic E-state index is 3.75. The Balaban J connectivity index is 2.47. The SMILES string of the molecule is CCCNC(CN(C)C1CCN(CC)CC1)C(C)(C)C. The average Bonchev–Trinajstić information content (AvgIpc) is 2.42. The molecule has 1 saturated heterocycles. The molecule has 0 spiro atoms. The second kappa shape index (κ2) is 8.35. The summed E-state index contributed by atoms with van der Waals surface area (Å²) in [5.41, 5.74) is 0.327. The first-order valence-electron chi connectivity index (χ1n) is 8.54. The van der Waals surface area contributed by atoms with Crippen molar-refractivity contribution >= 4 is 0 Å². The van der Waals surface area contributed by atoms with E-state index in [1.165, 1.54) is 45.4 Å². The van der Waals surface area contributed by atoms with Crippen molar-refractivity contribution in [2.75, 3.05) is 39.8 Å². The molecule has 120 valence electrons. The van der Waals surface area contributed by atoms with Crippen molar-refractivity contribution in [3.63, 3.8) is 0 Å². The maximum Gasteiger partial charge on any atom is 0.0243 e. The summed E-state index contributed by atoms with van der Waals surface area (Å²) >= 11 is 0. The highest BCUT2D eigenvalue weighted by molar-refractivity contribution is 4.86. The summed E-state index contributed by atoms with van der Waals surface area (Å²) < 4.78 is 0. The van der Waals surface area contributed by atoms with Gasteiger partial charge in [0.2, 0.25) is 0 Å². The van der Waals surface area contributed by atoms with E-state index in [2.05, 4.69) is 56.8 Å². The monoisotopic (exact) mass is 283 g/mol. The van der Waals surface area contributed by atoms with Crippen LogP contribution in [0.15, 0.2) is 0 Å². The number of hydrogen-bond acceptors (Lipinski definition) is 3. The number of likely N-dealkylation sites (N-methyl/N-ethyl adjacent to an activating group) is 1. The van der Waals surface area contributed by atoms with Crippen molar-refractivity contribution in [2.24, 2.45) is 5.41 Å². The van der Waals surface area contributed by atoms with Crippen molar-refractivity contribution in [3.8, 4) is 0 Å². The molecule has 3 nitrogen and oxygen atoms in total. The Morgan fingerprint density at radius 2 is 1.80 bits per heavy atom. The van der Waals surface area contributed by atoms with Crippen LogP contribution in [0.4, 0.5) is 0 Å². The molecular formula is C17H37N3.